The molecule has 0 saturated heterocycles. The van der Waals surface area contributed by atoms with Gasteiger partial charge in [-0.1, -0.05) is 56.2 Å². The van der Waals surface area contributed by atoms with Gasteiger partial charge in [-0.05, 0) is 12.5 Å². The van der Waals surface area contributed by atoms with E-state index in [-0.39, 0.29) is 10.8 Å². The molecule has 0 unspecified atom stereocenters. The summed E-state index contributed by atoms with van der Waals surface area (Å²) in [7, 11) is 0. The van der Waals surface area contributed by atoms with E-state index in [0.29, 0.717) is 11.6 Å². The van der Waals surface area contributed by atoms with Crippen LogP contribution in [0.3, 0.4) is 0 Å². The van der Waals surface area contributed by atoms with Crippen molar-refractivity contribution in [3.63, 3.8) is 0 Å². The lowest BCUT2D eigenvalue weighted by molar-refractivity contribution is 0.615. The molecule has 0 heterocycles. The zero-order valence-electron chi connectivity index (χ0n) is 10.6. The molecule has 0 radical (unpaired) electrons. The van der Waals surface area contributed by atoms with Crippen LogP contribution in [0.25, 0.3) is 6.08 Å². The normalized spacial score (nSPS) is 12.2. The fraction of sp³-hybridized carbons (Fsp3) is 0.429. The highest BCUT2D eigenvalue weighted by Gasteiger charge is 2.05. The van der Waals surface area contributed by atoms with Crippen LogP contribution >= 0.6 is 11.6 Å². The second-order valence-corrected chi connectivity index (χ2v) is 4.74. The largest absolute Gasteiger partial charge is 0.311 e. The standard InChI is InChI=1S/C14H19ClFN/c1-4-11(9-17-10(2)3)8-12-6-5-7-13(15)14(12)16/h5-8,10,17H,4,9H2,1-3H3/b11-8-. The van der Waals surface area contributed by atoms with Crippen LogP contribution in [0.1, 0.15) is 32.8 Å². The molecule has 0 aliphatic rings. The van der Waals surface area contributed by atoms with E-state index in [1.807, 2.05) is 6.08 Å². The molecular formula is C14H19ClFN. The first-order chi connectivity index (χ1) is 8.04. The van der Waals surface area contributed by atoms with Gasteiger partial charge < -0.3 is 5.32 Å². The number of nitrogens with one attached hydrogen (secondary N) is 1. The Bertz CT molecular complexity index is 399. The second-order valence-electron chi connectivity index (χ2n) is 4.33. The number of halogens is 2. The number of rotatable bonds is 5. The van der Waals surface area contributed by atoms with Gasteiger partial charge in [-0.25, -0.2) is 4.39 Å². The van der Waals surface area contributed by atoms with Crippen molar-refractivity contribution in [2.45, 2.75) is 33.2 Å². The first kappa shape index (κ1) is 14.2. The lowest BCUT2D eigenvalue weighted by Crippen LogP contribution is -2.24. The van der Waals surface area contributed by atoms with E-state index >= 15 is 0 Å². The highest BCUT2D eigenvalue weighted by atomic mass is 35.5. The molecule has 0 bridgehead atoms. The Hall–Kier alpha value is -0.860. The molecule has 0 amide bonds. The maximum atomic E-state index is 13.7. The Labute approximate surface area is 108 Å². The Balaban J connectivity index is 2.86. The van der Waals surface area contributed by atoms with E-state index in [9.17, 15) is 4.39 Å². The lowest BCUT2D eigenvalue weighted by Gasteiger charge is -2.10. The van der Waals surface area contributed by atoms with Crippen LogP contribution in [0.5, 0.6) is 0 Å². The molecule has 0 aliphatic carbocycles. The lowest BCUT2D eigenvalue weighted by atomic mass is 10.1. The zero-order chi connectivity index (χ0) is 12.8. The van der Waals surface area contributed by atoms with Crippen LogP contribution in [-0.4, -0.2) is 12.6 Å². The summed E-state index contributed by atoms with van der Waals surface area (Å²) < 4.78 is 13.7. The Morgan fingerprint density at radius 2 is 2.18 bits per heavy atom. The molecule has 0 saturated carbocycles. The smallest absolute Gasteiger partial charge is 0.148 e. The molecule has 1 aromatic carbocycles. The molecule has 17 heavy (non-hydrogen) atoms. The van der Waals surface area contributed by atoms with Gasteiger partial charge in [-0.3, -0.25) is 0 Å². The summed E-state index contributed by atoms with van der Waals surface area (Å²) in [6.07, 6.45) is 2.77. The third-order valence-corrected chi connectivity index (χ3v) is 2.82. The molecule has 3 heteroatoms. The zero-order valence-corrected chi connectivity index (χ0v) is 11.3. The topological polar surface area (TPSA) is 12.0 Å². The van der Waals surface area contributed by atoms with Crippen molar-refractivity contribution < 1.29 is 4.39 Å². The van der Waals surface area contributed by atoms with Gasteiger partial charge in [0.15, 0.2) is 0 Å². The second kappa shape index (κ2) is 6.77. The highest BCUT2D eigenvalue weighted by molar-refractivity contribution is 6.30. The molecule has 0 aliphatic heterocycles. The molecule has 0 atom stereocenters. The maximum absolute atomic E-state index is 13.7. The van der Waals surface area contributed by atoms with Crippen molar-refractivity contribution in [1.82, 2.24) is 5.32 Å². The van der Waals surface area contributed by atoms with E-state index in [2.05, 4.69) is 26.1 Å². The van der Waals surface area contributed by atoms with E-state index in [0.717, 1.165) is 13.0 Å². The Morgan fingerprint density at radius 3 is 2.76 bits per heavy atom. The van der Waals surface area contributed by atoms with Gasteiger partial charge in [0, 0.05) is 18.2 Å². The van der Waals surface area contributed by atoms with Gasteiger partial charge in [-0.2, -0.15) is 0 Å². The van der Waals surface area contributed by atoms with Crippen molar-refractivity contribution >= 4 is 17.7 Å². The molecule has 0 aromatic heterocycles. The summed E-state index contributed by atoms with van der Waals surface area (Å²) in [5.74, 6) is -0.343. The SMILES string of the molecule is CC/C(=C/c1cccc(Cl)c1F)CNC(C)C. The van der Waals surface area contributed by atoms with Gasteiger partial charge in [0.1, 0.15) is 5.82 Å². The number of hydrogen-bond donors (Lipinski definition) is 1. The molecule has 0 fully saturated rings. The third kappa shape index (κ3) is 4.49. The van der Waals surface area contributed by atoms with E-state index < -0.39 is 0 Å². The van der Waals surface area contributed by atoms with Gasteiger partial charge in [0.05, 0.1) is 5.02 Å². The van der Waals surface area contributed by atoms with Crippen LogP contribution in [0, 0.1) is 5.82 Å². The van der Waals surface area contributed by atoms with Crippen molar-refractivity contribution in [3.8, 4) is 0 Å². The van der Waals surface area contributed by atoms with E-state index in [4.69, 9.17) is 11.6 Å². The van der Waals surface area contributed by atoms with Gasteiger partial charge in [-0.15, -0.1) is 0 Å². The molecule has 0 spiro atoms. The third-order valence-electron chi connectivity index (χ3n) is 2.53. The number of benzene rings is 1. The van der Waals surface area contributed by atoms with Gasteiger partial charge in [0.2, 0.25) is 0 Å². The van der Waals surface area contributed by atoms with E-state index in [1.165, 1.54) is 5.57 Å². The molecular weight excluding hydrogens is 237 g/mol. The first-order valence-corrected chi connectivity index (χ1v) is 6.29. The van der Waals surface area contributed by atoms with Crippen molar-refractivity contribution in [3.05, 3.63) is 40.2 Å². The van der Waals surface area contributed by atoms with Gasteiger partial charge in [0.25, 0.3) is 0 Å². The molecule has 1 nitrogen and oxygen atoms in total. The van der Waals surface area contributed by atoms with Crippen LogP contribution < -0.4 is 5.32 Å². The molecule has 94 valence electrons. The summed E-state index contributed by atoms with van der Waals surface area (Å²) in [6.45, 7) is 7.02. The first-order valence-electron chi connectivity index (χ1n) is 5.91. The predicted octanol–water partition coefficient (Wildman–Crippen LogP) is 4.27. The Morgan fingerprint density at radius 1 is 1.47 bits per heavy atom. The minimum atomic E-state index is -0.343. The number of hydrogen-bond acceptors (Lipinski definition) is 1. The summed E-state index contributed by atoms with van der Waals surface area (Å²) >= 11 is 5.75. The average molecular weight is 256 g/mol. The fourth-order valence-corrected chi connectivity index (χ4v) is 1.65. The molecule has 1 rings (SSSR count). The average Bonchev–Trinajstić information content (AvgIpc) is 2.29. The van der Waals surface area contributed by atoms with Crippen molar-refractivity contribution in [2.75, 3.05) is 6.54 Å². The molecule has 1 N–H and O–H groups in total. The minimum absolute atomic E-state index is 0.172. The summed E-state index contributed by atoms with van der Waals surface area (Å²) in [4.78, 5) is 0. The monoisotopic (exact) mass is 255 g/mol. The van der Waals surface area contributed by atoms with Gasteiger partial charge >= 0.3 is 0 Å². The predicted molar refractivity (Wildman–Crippen MR) is 72.8 cm³/mol. The fourth-order valence-electron chi connectivity index (χ4n) is 1.47. The van der Waals surface area contributed by atoms with Crippen molar-refractivity contribution in [1.29, 1.82) is 0 Å². The Kier molecular flexibility index (Phi) is 5.66. The van der Waals surface area contributed by atoms with E-state index in [1.54, 1.807) is 18.2 Å². The summed E-state index contributed by atoms with van der Waals surface area (Å²) in [5.41, 5.74) is 1.72. The highest BCUT2D eigenvalue weighted by Crippen LogP contribution is 2.20. The quantitative estimate of drug-likeness (QED) is 0.829. The van der Waals surface area contributed by atoms with Crippen molar-refractivity contribution in [2.24, 2.45) is 0 Å². The van der Waals surface area contributed by atoms with Crippen LogP contribution in [0.2, 0.25) is 5.02 Å². The summed E-state index contributed by atoms with van der Waals surface area (Å²) in [6, 6.07) is 5.49. The van der Waals surface area contributed by atoms with Crippen LogP contribution in [0.15, 0.2) is 23.8 Å². The minimum Gasteiger partial charge on any atom is -0.311 e. The molecule has 1 aromatic rings. The van der Waals surface area contributed by atoms with Crippen LogP contribution in [-0.2, 0) is 0 Å². The van der Waals surface area contributed by atoms with Crippen LogP contribution in [0.4, 0.5) is 4.39 Å². The summed E-state index contributed by atoms with van der Waals surface area (Å²) in [5, 5.41) is 3.50. The maximum Gasteiger partial charge on any atom is 0.148 e.